The number of ether oxygens (including phenoxy) is 1. The summed E-state index contributed by atoms with van der Waals surface area (Å²) in [4.78, 5) is 8.99. The Balaban J connectivity index is 1.96. The van der Waals surface area contributed by atoms with E-state index in [-0.39, 0.29) is 0 Å². The molecule has 0 aliphatic carbocycles. The van der Waals surface area contributed by atoms with Crippen molar-refractivity contribution >= 4 is 5.96 Å². The molecule has 0 spiro atoms. The molecule has 2 rings (SSSR count). The van der Waals surface area contributed by atoms with Gasteiger partial charge in [-0.25, -0.2) is 9.98 Å². The first-order valence-corrected chi connectivity index (χ1v) is 7.79. The average molecular weight is 312 g/mol. The van der Waals surface area contributed by atoms with Crippen LogP contribution in [0.15, 0.2) is 47.5 Å². The van der Waals surface area contributed by atoms with E-state index in [9.17, 15) is 0 Å². The van der Waals surface area contributed by atoms with Crippen LogP contribution in [0.5, 0.6) is 5.88 Å². The van der Waals surface area contributed by atoms with Crippen LogP contribution in [0.25, 0.3) is 0 Å². The van der Waals surface area contributed by atoms with Gasteiger partial charge in [-0.1, -0.05) is 35.9 Å². The molecule has 2 N–H and O–H groups in total. The number of nitrogens with zero attached hydrogens (tertiary/aromatic N) is 2. The van der Waals surface area contributed by atoms with Gasteiger partial charge in [0.05, 0.1) is 25.9 Å². The molecule has 122 valence electrons. The highest BCUT2D eigenvalue weighted by Gasteiger charge is 2.01. The van der Waals surface area contributed by atoms with Crippen LogP contribution < -0.4 is 15.4 Å². The Labute approximate surface area is 137 Å². The molecule has 0 fully saturated rings. The summed E-state index contributed by atoms with van der Waals surface area (Å²) in [7, 11) is 1.62. The Bertz CT molecular complexity index is 638. The Morgan fingerprint density at radius 1 is 1.13 bits per heavy atom. The van der Waals surface area contributed by atoms with Crippen molar-refractivity contribution < 1.29 is 4.74 Å². The molecule has 0 unspecified atom stereocenters. The number of hydrogen-bond donors (Lipinski definition) is 2. The third-order valence-corrected chi connectivity index (χ3v) is 3.31. The van der Waals surface area contributed by atoms with E-state index in [2.05, 4.69) is 51.8 Å². The van der Waals surface area contributed by atoms with Crippen LogP contribution >= 0.6 is 0 Å². The summed E-state index contributed by atoms with van der Waals surface area (Å²) >= 11 is 0. The normalized spacial score (nSPS) is 11.2. The molecular weight excluding hydrogens is 288 g/mol. The van der Waals surface area contributed by atoms with Crippen LogP contribution in [0.2, 0.25) is 0 Å². The second-order valence-electron chi connectivity index (χ2n) is 5.21. The SMILES string of the molecule is CCNC(=NCc1ccc(C)cc1)NCc1cccc(OC)n1. The van der Waals surface area contributed by atoms with Crippen LogP contribution in [0.4, 0.5) is 0 Å². The smallest absolute Gasteiger partial charge is 0.213 e. The largest absolute Gasteiger partial charge is 0.481 e. The topological polar surface area (TPSA) is 58.5 Å². The summed E-state index contributed by atoms with van der Waals surface area (Å²) < 4.78 is 5.14. The third-order valence-electron chi connectivity index (χ3n) is 3.31. The van der Waals surface area contributed by atoms with Gasteiger partial charge < -0.3 is 15.4 Å². The van der Waals surface area contributed by atoms with E-state index in [0.29, 0.717) is 19.0 Å². The number of nitrogens with one attached hydrogen (secondary N) is 2. The zero-order valence-corrected chi connectivity index (χ0v) is 14.0. The molecule has 5 heteroatoms. The Morgan fingerprint density at radius 2 is 1.91 bits per heavy atom. The molecular formula is C18H24N4O. The monoisotopic (exact) mass is 312 g/mol. The summed E-state index contributed by atoms with van der Waals surface area (Å²) in [5, 5.41) is 6.53. The fourth-order valence-corrected chi connectivity index (χ4v) is 2.05. The summed E-state index contributed by atoms with van der Waals surface area (Å²) in [6.07, 6.45) is 0. The maximum absolute atomic E-state index is 5.14. The van der Waals surface area contributed by atoms with E-state index < -0.39 is 0 Å². The number of aryl methyl sites for hydroxylation is 1. The van der Waals surface area contributed by atoms with E-state index in [1.54, 1.807) is 7.11 Å². The molecule has 0 aliphatic heterocycles. The first-order chi connectivity index (χ1) is 11.2. The van der Waals surface area contributed by atoms with E-state index in [1.165, 1.54) is 11.1 Å². The maximum Gasteiger partial charge on any atom is 0.213 e. The molecule has 0 aliphatic rings. The minimum absolute atomic E-state index is 0.594. The lowest BCUT2D eigenvalue weighted by molar-refractivity contribution is 0.396. The average Bonchev–Trinajstić information content (AvgIpc) is 2.59. The van der Waals surface area contributed by atoms with Crippen molar-refractivity contribution in [1.82, 2.24) is 15.6 Å². The Kier molecular flexibility index (Phi) is 6.41. The molecule has 23 heavy (non-hydrogen) atoms. The minimum Gasteiger partial charge on any atom is -0.481 e. The second-order valence-corrected chi connectivity index (χ2v) is 5.21. The molecule has 5 nitrogen and oxygen atoms in total. The lowest BCUT2D eigenvalue weighted by atomic mass is 10.1. The fraction of sp³-hybridized carbons (Fsp3) is 0.333. The summed E-state index contributed by atoms with van der Waals surface area (Å²) in [5.74, 6) is 1.39. The molecule has 2 aromatic rings. The first-order valence-electron chi connectivity index (χ1n) is 7.79. The molecule has 1 heterocycles. The first kappa shape index (κ1) is 16.8. The highest BCUT2D eigenvalue weighted by Crippen LogP contribution is 2.06. The van der Waals surface area contributed by atoms with Gasteiger partial charge in [-0.2, -0.15) is 0 Å². The molecule has 0 saturated carbocycles. The van der Waals surface area contributed by atoms with Crippen molar-refractivity contribution in [2.45, 2.75) is 26.9 Å². The van der Waals surface area contributed by atoms with Crippen molar-refractivity contribution in [3.05, 3.63) is 59.3 Å². The number of hydrogen-bond acceptors (Lipinski definition) is 3. The number of aliphatic imine (C=N–C) groups is 1. The van der Waals surface area contributed by atoms with Crippen LogP contribution in [-0.2, 0) is 13.1 Å². The lowest BCUT2D eigenvalue weighted by Gasteiger charge is -2.11. The number of guanidine groups is 1. The predicted octanol–water partition coefficient (Wildman–Crippen LogP) is 2.65. The molecule has 0 atom stereocenters. The van der Waals surface area contributed by atoms with Crippen LogP contribution in [-0.4, -0.2) is 24.6 Å². The van der Waals surface area contributed by atoms with Gasteiger partial charge in [0.25, 0.3) is 0 Å². The highest BCUT2D eigenvalue weighted by atomic mass is 16.5. The number of rotatable bonds is 6. The van der Waals surface area contributed by atoms with Gasteiger partial charge in [0.1, 0.15) is 0 Å². The maximum atomic E-state index is 5.14. The number of benzene rings is 1. The quantitative estimate of drug-likeness (QED) is 0.636. The molecule has 0 amide bonds. The zero-order chi connectivity index (χ0) is 16.5. The number of pyridine rings is 1. The van der Waals surface area contributed by atoms with Crippen LogP contribution in [0, 0.1) is 6.92 Å². The fourth-order valence-electron chi connectivity index (χ4n) is 2.05. The minimum atomic E-state index is 0.594. The third kappa shape index (κ3) is 5.62. The predicted molar refractivity (Wildman–Crippen MR) is 93.6 cm³/mol. The van der Waals surface area contributed by atoms with Gasteiger partial charge in [0.15, 0.2) is 5.96 Å². The standard InChI is InChI=1S/C18H24N4O/c1-4-19-18(20-12-15-10-8-14(2)9-11-15)21-13-16-6-5-7-17(22-16)23-3/h5-11H,4,12-13H2,1-3H3,(H2,19,20,21). The van der Waals surface area contributed by atoms with Crippen molar-refractivity contribution in [2.75, 3.05) is 13.7 Å². The molecule has 0 bridgehead atoms. The number of methoxy groups -OCH3 is 1. The molecule has 1 aromatic heterocycles. The van der Waals surface area contributed by atoms with Crippen molar-refractivity contribution in [3.63, 3.8) is 0 Å². The highest BCUT2D eigenvalue weighted by molar-refractivity contribution is 5.79. The Hall–Kier alpha value is -2.56. The molecule has 0 saturated heterocycles. The molecule has 1 aromatic carbocycles. The van der Waals surface area contributed by atoms with E-state index in [1.807, 2.05) is 25.1 Å². The summed E-state index contributed by atoms with van der Waals surface area (Å²) in [5.41, 5.74) is 3.35. The summed E-state index contributed by atoms with van der Waals surface area (Å²) in [6, 6.07) is 14.1. The van der Waals surface area contributed by atoms with Crippen molar-refractivity contribution in [2.24, 2.45) is 4.99 Å². The van der Waals surface area contributed by atoms with Gasteiger partial charge in [0.2, 0.25) is 5.88 Å². The van der Waals surface area contributed by atoms with Gasteiger partial charge in [-0.15, -0.1) is 0 Å². The van der Waals surface area contributed by atoms with E-state index in [0.717, 1.165) is 18.2 Å². The van der Waals surface area contributed by atoms with Gasteiger partial charge >= 0.3 is 0 Å². The summed E-state index contributed by atoms with van der Waals surface area (Å²) in [6.45, 7) is 6.18. The second kappa shape index (κ2) is 8.78. The Morgan fingerprint density at radius 3 is 2.61 bits per heavy atom. The van der Waals surface area contributed by atoms with Gasteiger partial charge in [-0.05, 0) is 25.5 Å². The van der Waals surface area contributed by atoms with E-state index in [4.69, 9.17) is 4.74 Å². The van der Waals surface area contributed by atoms with E-state index >= 15 is 0 Å². The van der Waals surface area contributed by atoms with Crippen LogP contribution in [0.3, 0.4) is 0 Å². The zero-order valence-electron chi connectivity index (χ0n) is 14.0. The van der Waals surface area contributed by atoms with Crippen molar-refractivity contribution in [1.29, 1.82) is 0 Å². The van der Waals surface area contributed by atoms with Crippen molar-refractivity contribution in [3.8, 4) is 5.88 Å². The lowest BCUT2D eigenvalue weighted by Crippen LogP contribution is -2.37. The van der Waals surface area contributed by atoms with Gasteiger partial charge in [0, 0.05) is 12.6 Å². The van der Waals surface area contributed by atoms with Crippen LogP contribution in [0.1, 0.15) is 23.7 Å². The molecule has 0 radical (unpaired) electrons. The van der Waals surface area contributed by atoms with Gasteiger partial charge in [-0.3, -0.25) is 0 Å². The number of aromatic nitrogens is 1.